The summed E-state index contributed by atoms with van der Waals surface area (Å²) >= 11 is 0. The van der Waals surface area contributed by atoms with Crippen LogP contribution in [-0.2, 0) is 4.79 Å². The van der Waals surface area contributed by atoms with E-state index in [1.165, 1.54) is 161 Å². The SMILES string of the molecule is CC/C=C\C/C=C\C/C=C\C/C=C\C/C=C\C/C=C\C/C=C\C/C=C\CCCCCCCCCCCCC(=O)NC(CO)C(O)/C=C/CC/C=C/CC/C=C/CCCCCCCCCCCCCCCCCC. The summed E-state index contributed by atoms with van der Waals surface area (Å²) in [4.78, 5) is 12.5. The number of amides is 1. The largest absolute Gasteiger partial charge is 0.394 e. The lowest BCUT2D eigenvalue weighted by molar-refractivity contribution is -0.123. The fourth-order valence-corrected chi connectivity index (χ4v) is 8.70. The molecule has 3 N–H and O–H groups in total. The molecule has 0 saturated heterocycles. The average molecular weight is 1010 g/mol. The van der Waals surface area contributed by atoms with Gasteiger partial charge in [0.15, 0.2) is 0 Å². The Kier molecular flexibility index (Phi) is 59.8. The molecule has 0 bridgehead atoms. The fourth-order valence-electron chi connectivity index (χ4n) is 8.70. The molecule has 2 atom stereocenters. The molecule has 0 aromatic heterocycles. The number of unbranched alkanes of at least 4 members (excludes halogenated alkanes) is 28. The van der Waals surface area contributed by atoms with Crippen LogP contribution in [0, 0.1) is 0 Å². The lowest BCUT2D eigenvalue weighted by Crippen LogP contribution is -2.45. The lowest BCUT2D eigenvalue weighted by atomic mass is 10.0. The van der Waals surface area contributed by atoms with Gasteiger partial charge in [-0.05, 0) is 109 Å². The minimum Gasteiger partial charge on any atom is -0.394 e. The third-order valence-electron chi connectivity index (χ3n) is 13.3. The summed E-state index contributed by atoms with van der Waals surface area (Å²) in [6.07, 6.45) is 97.7. The molecule has 4 nitrogen and oxygen atoms in total. The summed E-state index contributed by atoms with van der Waals surface area (Å²) < 4.78 is 0. The molecule has 0 spiro atoms. The molecule has 73 heavy (non-hydrogen) atoms. The highest BCUT2D eigenvalue weighted by Gasteiger charge is 2.18. The van der Waals surface area contributed by atoms with E-state index in [0.29, 0.717) is 6.42 Å². The summed E-state index contributed by atoms with van der Waals surface area (Å²) in [6.45, 7) is 4.19. The predicted molar refractivity (Wildman–Crippen MR) is 326 cm³/mol. The van der Waals surface area contributed by atoms with Crippen LogP contribution in [0.5, 0.6) is 0 Å². The van der Waals surface area contributed by atoms with Gasteiger partial charge in [-0.2, -0.15) is 0 Å². The maximum atomic E-state index is 12.5. The number of hydrogen-bond donors (Lipinski definition) is 3. The van der Waals surface area contributed by atoms with Gasteiger partial charge in [0.25, 0.3) is 0 Å². The van der Waals surface area contributed by atoms with Crippen LogP contribution in [0.2, 0.25) is 0 Å². The Bertz CT molecular complexity index is 1470. The molecule has 0 saturated carbocycles. The topological polar surface area (TPSA) is 69.6 Å². The Morgan fingerprint density at radius 3 is 0.959 bits per heavy atom. The minimum atomic E-state index is -0.882. The van der Waals surface area contributed by atoms with E-state index in [1.807, 2.05) is 6.08 Å². The number of aliphatic hydroxyl groups excluding tert-OH is 2. The molecule has 0 rings (SSSR count). The molecular weight excluding hydrogens is 891 g/mol. The van der Waals surface area contributed by atoms with Crippen molar-refractivity contribution >= 4 is 5.91 Å². The molecule has 2 unspecified atom stereocenters. The van der Waals surface area contributed by atoms with Gasteiger partial charge in [-0.3, -0.25) is 4.79 Å². The van der Waals surface area contributed by atoms with E-state index >= 15 is 0 Å². The molecule has 4 heteroatoms. The summed E-state index contributed by atoms with van der Waals surface area (Å²) in [5.74, 6) is -0.0864. The average Bonchev–Trinajstić information content (AvgIpc) is 3.40. The number of hydrogen-bond acceptors (Lipinski definition) is 3. The minimum absolute atomic E-state index is 0.0864. The molecule has 0 aromatic carbocycles. The number of nitrogens with one attached hydrogen (secondary N) is 1. The van der Waals surface area contributed by atoms with Crippen molar-refractivity contribution < 1.29 is 15.0 Å². The lowest BCUT2D eigenvalue weighted by Gasteiger charge is -2.19. The summed E-state index contributed by atoms with van der Waals surface area (Å²) in [7, 11) is 0. The molecule has 0 aliphatic rings. The van der Waals surface area contributed by atoms with Gasteiger partial charge in [0, 0.05) is 6.42 Å². The molecule has 0 aliphatic carbocycles. The van der Waals surface area contributed by atoms with Crippen molar-refractivity contribution in [1.82, 2.24) is 5.32 Å². The maximum Gasteiger partial charge on any atom is 0.220 e. The van der Waals surface area contributed by atoms with Crippen LogP contribution in [0.1, 0.15) is 277 Å². The molecule has 1 amide bonds. The van der Waals surface area contributed by atoms with Crippen molar-refractivity contribution in [3.8, 4) is 0 Å². The van der Waals surface area contributed by atoms with E-state index in [2.05, 4.69) is 141 Å². The normalized spacial score (nSPS) is 13.8. The van der Waals surface area contributed by atoms with Crippen molar-refractivity contribution in [3.63, 3.8) is 0 Å². The Morgan fingerprint density at radius 2 is 0.616 bits per heavy atom. The Balaban J connectivity index is 3.63. The van der Waals surface area contributed by atoms with Crippen LogP contribution >= 0.6 is 0 Å². The van der Waals surface area contributed by atoms with Crippen molar-refractivity contribution in [2.24, 2.45) is 0 Å². The van der Waals surface area contributed by atoms with Crippen molar-refractivity contribution in [3.05, 3.63) is 134 Å². The summed E-state index contributed by atoms with van der Waals surface area (Å²) in [5.41, 5.74) is 0. The predicted octanol–water partition coefficient (Wildman–Crippen LogP) is 21.0. The number of rotatable bonds is 55. The molecule has 0 fully saturated rings. The number of carbonyl (C=O) groups excluding carboxylic acids is 1. The molecular formula is C69H117NO3. The molecule has 0 heterocycles. The van der Waals surface area contributed by atoms with Gasteiger partial charge in [0.2, 0.25) is 5.91 Å². The van der Waals surface area contributed by atoms with E-state index in [9.17, 15) is 15.0 Å². The molecule has 416 valence electrons. The zero-order valence-corrected chi connectivity index (χ0v) is 47.9. The first-order valence-electron chi connectivity index (χ1n) is 30.9. The third kappa shape index (κ3) is 59.3. The number of aliphatic hydroxyl groups is 2. The second-order valence-corrected chi connectivity index (χ2v) is 20.4. The van der Waals surface area contributed by atoms with Gasteiger partial charge < -0.3 is 15.5 Å². The smallest absolute Gasteiger partial charge is 0.220 e. The monoisotopic (exact) mass is 1010 g/mol. The first-order chi connectivity index (χ1) is 36.2. The first-order valence-corrected chi connectivity index (χ1v) is 30.9. The first kappa shape index (κ1) is 69.5. The molecule has 0 radical (unpaired) electrons. The van der Waals surface area contributed by atoms with Gasteiger partial charge in [0.1, 0.15) is 0 Å². The van der Waals surface area contributed by atoms with E-state index in [0.717, 1.165) is 96.3 Å². The third-order valence-corrected chi connectivity index (χ3v) is 13.3. The number of allylic oxidation sites excluding steroid dienone is 21. The van der Waals surface area contributed by atoms with E-state index < -0.39 is 12.1 Å². The van der Waals surface area contributed by atoms with Gasteiger partial charge >= 0.3 is 0 Å². The molecule has 0 aromatic rings. The second-order valence-electron chi connectivity index (χ2n) is 20.4. The molecule has 0 aliphatic heterocycles. The maximum absolute atomic E-state index is 12.5. The highest BCUT2D eigenvalue weighted by molar-refractivity contribution is 5.76. The van der Waals surface area contributed by atoms with Crippen LogP contribution in [-0.4, -0.2) is 34.9 Å². The van der Waals surface area contributed by atoms with Crippen LogP contribution in [0.25, 0.3) is 0 Å². The van der Waals surface area contributed by atoms with Crippen molar-refractivity contribution in [1.29, 1.82) is 0 Å². The number of carbonyl (C=O) groups is 1. The standard InChI is InChI=1S/C69H117NO3/c1-3-5-7-9-11-13-15-17-19-21-23-25-27-29-31-32-33-34-35-36-37-38-39-41-43-45-47-49-51-53-55-57-59-61-63-65-69(73)70-67(66-71)68(72)64-62-60-58-56-54-52-50-48-46-44-42-40-30-28-26-24-22-20-18-16-14-12-10-8-6-4-2/h5,7,11,13,17,19,23,25,29,31,33-34,36-37,39,41,46,48,54,56,62,64,67-68,71-72H,3-4,6,8-10,12,14-16,18,20-22,24,26-28,30,32,35,38,40,42-45,47,49-53,55,57-61,63,65-66H2,1-2H3,(H,70,73)/b7-5-,13-11-,19-17-,25-23-,31-29-,34-33-,37-36-,41-39-,48-46+,56-54+,64-62+. The second kappa shape index (κ2) is 62.8. The zero-order chi connectivity index (χ0) is 52.7. The Labute approximate surface area is 453 Å². The summed E-state index contributed by atoms with van der Waals surface area (Å²) in [5, 5.41) is 23.2. The highest BCUT2D eigenvalue weighted by atomic mass is 16.3. The van der Waals surface area contributed by atoms with Gasteiger partial charge in [-0.25, -0.2) is 0 Å². The zero-order valence-electron chi connectivity index (χ0n) is 47.9. The highest BCUT2D eigenvalue weighted by Crippen LogP contribution is 2.16. The van der Waals surface area contributed by atoms with Crippen LogP contribution in [0.15, 0.2) is 134 Å². The van der Waals surface area contributed by atoms with Crippen LogP contribution < -0.4 is 5.32 Å². The Hall–Kier alpha value is -3.47. The van der Waals surface area contributed by atoms with E-state index in [4.69, 9.17) is 0 Å². The van der Waals surface area contributed by atoms with Gasteiger partial charge in [-0.15, -0.1) is 0 Å². The quantitative estimate of drug-likeness (QED) is 0.0420. The van der Waals surface area contributed by atoms with Crippen molar-refractivity contribution in [2.45, 2.75) is 289 Å². The van der Waals surface area contributed by atoms with Crippen LogP contribution in [0.4, 0.5) is 0 Å². The van der Waals surface area contributed by atoms with E-state index in [1.54, 1.807) is 6.08 Å². The van der Waals surface area contributed by atoms with E-state index in [-0.39, 0.29) is 12.5 Å². The van der Waals surface area contributed by atoms with Gasteiger partial charge in [-0.1, -0.05) is 295 Å². The fraction of sp³-hybridized carbons (Fsp3) is 0.667. The van der Waals surface area contributed by atoms with Gasteiger partial charge in [0.05, 0.1) is 18.8 Å². The Morgan fingerprint density at radius 1 is 0.342 bits per heavy atom. The van der Waals surface area contributed by atoms with Crippen LogP contribution in [0.3, 0.4) is 0 Å². The summed E-state index contributed by atoms with van der Waals surface area (Å²) in [6, 6.07) is -0.659. The van der Waals surface area contributed by atoms with Crippen molar-refractivity contribution in [2.75, 3.05) is 6.61 Å².